The van der Waals surface area contributed by atoms with Crippen molar-refractivity contribution >= 4 is 5.69 Å². The molecule has 0 bridgehead atoms. The second kappa shape index (κ2) is 6.85. The van der Waals surface area contributed by atoms with Gasteiger partial charge in [0, 0.05) is 12.2 Å². The van der Waals surface area contributed by atoms with Crippen LogP contribution in [0.1, 0.15) is 24.5 Å². The summed E-state index contributed by atoms with van der Waals surface area (Å²) in [6.45, 7) is 2.88. The number of aryl methyl sites for hydroxylation is 1. The number of hydrogen-bond donors (Lipinski definition) is 2. The van der Waals surface area contributed by atoms with Gasteiger partial charge >= 0.3 is 0 Å². The van der Waals surface area contributed by atoms with E-state index >= 15 is 0 Å². The molecule has 0 aliphatic rings. The standard InChI is InChI=1S/C17H21NO2/c1-3-4-13-5-8-15(9-6-13)18-12-14-7-10-16(19)17(11-14)20-2/h5-11,18-19H,3-4,12H2,1-2H3. The van der Waals surface area contributed by atoms with E-state index in [1.165, 1.54) is 12.0 Å². The molecule has 0 aliphatic heterocycles. The fraction of sp³-hybridized carbons (Fsp3) is 0.294. The zero-order chi connectivity index (χ0) is 14.4. The van der Waals surface area contributed by atoms with Gasteiger partial charge in [-0.3, -0.25) is 0 Å². The van der Waals surface area contributed by atoms with Crippen LogP contribution in [0.4, 0.5) is 5.69 Å². The van der Waals surface area contributed by atoms with Gasteiger partial charge in [0.15, 0.2) is 11.5 Å². The average Bonchev–Trinajstić information content (AvgIpc) is 2.48. The lowest BCUT2D eigenvalue weighted by Gasteiger charge is -2.09. The molecule has 2 aromatic rings. The SMILES string of the molecule is CCCc1ccc(NCc2ccc(O)c(OC)c2)cc1. The maximum absolute atomic E-state index is 9.56. The van der Waals surface area contributed by atoms with E-state index in [9.17, 15) is 5.11 Å². The van der Waals surface area contributed by atoms with E-state index in [-0.39, 0.29) is 5.75 Å². The lowest BCUT2D eigenvalue weighted by Crippen LogP contribution is -2.00. The summed E-state index contributed by atoms with van der Waals surface area (Å²) in [5.74, 6) is 0.669. The van der Waals surface area contributed by atoms with E-state index in [1.54, 1.807) is 13.2 Å². The molecule has 2 aromatic carbocycles. The summed E-state index contributed by atoms with van der Waals surface area (Å²) >= 11 is 0. The lowest BCUT2D eigenvalue weighted by molar-refractivity contribution is 0.373. The summed E-state index contributed by atoms with van der Waals surface area (Å²) < 4.78 is 5.10. The van der Waals surface area contributed by atoms with Gasteiger partial charge in [-0.25, -0.2) is 0 Å². The van der Waals surface area contributed by atoms with Crippen LogP contribution in [0.15, 0.2) is 42.5 Å². The third kappa shape index (κ3) is 3.67. The first-order valence-corrected chi connectivity index (χ1v) is 6.91. The van der Waals surface area contributed by atoms with E-state index in [4.69, 9.17) is 4.74 Å². The Kier molecular flexibility index (Phi) is 4.88. The van der Waals surface area contributed by atoms with Crippen molar-refractivity contribution in [1.82, 2.24) is 0 Å². The fourth-order valence-corrected chi connectivity index (χ4v) is 2.11. The highest BCUT2D eigenvalue weighted by molar-refractivity contribution is 5.47. The lowest BCUT2D eigenvalue weighted by atomic mass is 10.1. The van der Waals surface area contributed by atoms with Crippen LogP contribution in [0.2, 0.25) is 0 Å². The number of ether oxygens (including phenoxy) is 1. The number of phenols is 1. The summed E-state index contributed by atoms with van der Waals surface area (Å²) in [5, 5.41) is 12.9. The molecule has 0 amide bonds. The summed E-state index contributed by atoms with van der Waals surface area (Å²) in [7, 11) is 1.55. The van der Waals surface area contributed by atoms with Gasteiger partial charge in [0.1, 0.15) is 0 Å². The normalized spacial score (nSPS) is 10.3. The molecule has 0 aliphatic carbocycles. The molecule has 0 heterocycles. The van der Waals surface area contributed by atoms with Crippen LogP contribution in [0.5, 0.6) is 11.5 Å². The molecule has 0 atom stereocenters. The van der Waals surface area contributed by atoms with Crippen molar-refractivity contribution < 1.29 is 9.84 Å². The first-order valence-electron chi connectivity index (χ1n) is 6.91. The first-order chi connectivity index (χ1) is 9.72. The van der Waals surface area contributed by atoms with Crippen molar-refractivity contribution in [2.45, 2.75) is 26.3 Å². The van der Waals surface area contributed by atoms with E-state index in [2.05, 4.69) is 36.5 Å². The predicted molar refractivity (Wildman–Crippen MR) is 82.4 cm³/mol. The minimum atomic E-state index is 0.167. The van der Waals surface area contributed by atoms with E-state index in [0.29, 0.717) is 12.3 Å². The highest BCUT2D eigenvalue weighted by atomic mass is 16.5. The molecule has 3 nitrogen and oxygen atoms in total. The summed E-state index contributed by atoms with van der Waals surface area (Å²) in [5.41, 5.74) is 3.53. The molecular weight excluding hydrogens is 250 g/mol. The molecule has 20 heavy (non-hydrogen) atoms. The predicted octanol–water partition coefficient (Wildman–Crippen LogP) is 3.97. The number of phenolic OH excluding ortho intramolecular Hbond substituents is 1. The van der Waals surface area contributed by atoms with Crippen LogP contribution in [-0.4, -0.2) is 12.2 Å². The molecular formula is C17H21NO2. The van der Waals surface area contributed by atoms with Crippen LogP contribution in [0.25, 0.3) is 0 Å². The maximum atomic E-state index is 9.56. The van der Waals surface area contributed by atoms with E-state index in [0.717, 1.165) is 17.7 Å². The number of nitrogens with one attached hydrogen (secondary N) is 1. The molecule has 3 heteroatoms. The molecule has 0 unspecified atom stereocenters. The number of anilines is 1. The van der Waals surface area contributed by atoms with Crippen molar-refractivity contribution in [3.05, 3.63) is 53.6 Å². The quantitative estimate of drug-likeness (QED) is 0.835. The second-order valence-corrected chi connectivity index (χ2v) is 4.81. The minimum Gasteiger partial charge on any atom is -0.504 e. The molecule has 0 spiro atoms. The van der Waals surface area contributed by atoms with Crippen LogP contribution in [-0.2, 0) is 13.0 Å². The largest absolute Gasteiger partial charge is 0.504 e. The van der Waals surface area contributed by atoms with Crippen molar-refractivity contribution in [3.63, 3.8) is 0 Å². The smallest absolute Gasteiger partial charge is 0.160 e. The summed E-state index contributed by atoms with van der Waals surface area (Å²) in [4.78, 5) is 0. The van der Waals surface area contributed by atoms with Gasteiger partial charge in [-0.05, 0) is 41.8 Å². The van der Waals surface area contributed by atoms with Crippen molar-refractivity contribution in [2.75, 3.05) is 12.4 Å². The molecule has 2 rings (SSSR count). The Hall–Kier alpha value is -2.16. The monoisotopic (exact) mass is 271 g/mol. The molecule has 0 radical (unpaired) electrons. The summed E-state index contributed by atoms with van der Waals surface area (Å²) in [6.07, 6.45) is 2.29. The zero-order valence-electron chi connectivity index (χ0n) is 12.0. The Bertz CT molecular complexity index is 549. The van der Waals surface area contributed by atoms with Crippen molar-refractivity contribution in [3.8, 4) is 11.5 Å². The van der Waals surface area contributed by atoms with Gasteiger partial charge in [-0.2, -0.15) is 0 Å². The van der Waals surface area contributed by atoms with Crippen LogP contribution >= 0.6 is 0 Å². The maximum Gasteiger partial charge on any atom is 0.160 e. The highest BCUT2D eigenvalue weighted by Crippen LogP contribution is 2.26. The highest BCUT2D eigenvalue weighted by Gasteiger charge is 2.02. The minimum absolute atomic E-state index is 0.167. The topological polar surface area (TPSA) is 41.5 Å². The first kappa shape index (κ1) is 14.3. The summed E-state index contributed by atoms with van der Waals surface area (Å²) in [6, 6.07) is 13.9. The fourth-order valence-electron chi connectivity index (χ4n) is 2.11. The van der Waals surface area contributed by atoms with Crippen molar-refractivity contribution in [1.29, 1.82) is 0 Å². The van der Waals surface area contributed by atoms with Gasteiger partial charge in [0.2, 0.25) is 0 Å². The Balaban J connectivity index is 1.97. The number of rotatable bonds is 6. The molecule has 0 fully saturated rings. The molecule has 106 valence electrons. The Morgan fingerprint density at radius 1 is 1.05 bits per heavy atom. The van der Waals surface area contributed by atoms with Gasteiger partial charge in [0.25, 0.3) is 0 Å². The Labute approximate surface area is 120 Å². The number of methoxy groups -OCH3 is 1. The van der Waals surface area contributed by atoms with Crippen LogP contribution < -0.4 is 10.1 Å². The zero-order valence-corrected chi connectivity index (χ0v) is 12.0. The second-order valence-electron chi connectivity index (χ2n) is 4.81. The third-order valence-electron chi connectivity index (χ3n) is 3.23. The van der Waals surface area contributed by atoms with Crippen molar-refractivity contribution in [2.24, 2.45) is 0 Å². The van der Waals surface area contributed by atoms with Crippen LogP contribution in [0.3, 0.4) is 0 Å². The average molecular weight is 271 g/mol. The van der Waals surface area contributed by atoms with Gasteiger partial charge in [-0.15, -0.1) is 0 Å². The molecule has 2 N–H and O–H groups in total. The third-order valence-corrected chi connectivity index (χ3v) is 3.23. The van der Waals surface area contributed by atoms with Crippen LogP contribution in [0, 0.1) is 0 Å². The van der Waals surface area contributed by atoms with Gasteiger partial charge < -0.3 is 15.2 Å². The number of aromatic hydroxyl groups is 1. The Morgan fingerprint density at radius 3 is 2.40 bits per heavy atom. The van der Waals surface area contributed by atoms with E-state index in [1.807, 2.05) is 12.1 Å². The van der Waals surface area contributed by atoms with Gasteiger partial charge in [0.05, 0.1) is 7.11 Å². The number of benzene rings is 2. The molecule has 0 saturated heterocycles. The van der Waals surface area contributed by atoms with E-state index < -0.39 is 0 Å². The Morgan fingerprint density at radius 2 is 1.75 bits per heavy atom. The molecule has 0 aromatic heterocycles. The van der Waals surface area contributed by atoms with Gasteiger partial charge in [-0.1, -0.05) is 31.5 Å². The number of hydrogen-bond acceptors (Lipinski definition) is 3. The molecule has 0 saturated carbocycles.